The van der Waals surface area contributed by atoms with E-state index in [9.17, 15) is 31.2 Å². The molecule has 0 heterocycles. The Labute approximate surface area is 266 Å². The minimum Gasteiger partial charge on any atom is -0.351 e. The number of benzene rings is 4. The van der Waals surface area contributed by atoms with Gasteiger partial charge in [-0.05, 0) is 83.0 Å². The number of carbonyl (C=O) groups is 2. The highest BCUT2D eigenvalue weighted by atomic mass is 32.2. The normalized spacial score (nSPS) is 12.5. The third-order valence-electron chi connectivity index (χ3n) is 7.34. The van der Waals surface area contributed by atoms with Crippen molar-refractivity contribution in [2.24, 2.45) is 5.92 Å². The van der Waals surface area contributed by atoms with Crippen molar-refractivity contribution in [3.05, 3.63) is 125 Å². The molecule has 0 aromatic heterocycles. The van der Waals surface area contributed by atoms with Gasteiger partial charge in [0, 0.05) is 17.8 Å². The number of rotatable bonds is 12. The first-order chi connectivity index (χ1) is 21.7. The van der Waals surface area contributed by atoms with Gasteiger partial charge in [-0.1, -0.05) is 74.5 Å². The zero-order valence-corrected chi connectivity index (χ0v) is 26.2. The van der Waals surface area contributed by atoms with E-state index in [4.69, 9.17) is 4.55 Å². The van der Waals surface area contributed by atoms with Crippen molar-refractivity contribution in [2.75, 3.05) is 17.6 Å². The molecule has 0 aliphatic rings. The van der Waals surface area contributed by atoms with Gasteiger partial charge >= 0.3 is 6.18 Å². The molecule has 242 valence electrons. The Hall–Kier alpha value is -4.48. The quantitative estimate of drug-likeness (QED) is 0.141. The third-order valence-corrected chi connectivity index (χ3v) is 8.06. The molecule has 0 radical (unpaired) electrons. The third kappa shape index (κ3) is 10.0. The molecule has 0 aliphatic carbocycles. The van der Waals surface area contributed by atoms with E-state index in [1.165, 1.54) is 12.1 Å². The van der Waals surface area contributed by atoms with Gasteiger partial charge in [0.2, 0.25) is 5.91 Å². The summed E-state index contributed by atoms with van der Waals surface area (Å²) < 4.78 is 69.5. The molecule has 46 heavy (non-hydrogen) atoms. The van der Waals surface area contributed by atoms with Crippen LogP contribution in [-0.2, 0) is 33.9 Å². The van der Waals surface area contributed by atoms with Crippen LogP contribution in [0.3, 0.4) is 0 Å². The van der Waals surface area contributed by atoms with E-state index in [0.717, 1.165) is 35.2 Å². The van der Waals surface area contributed by atoms with Crippen LogP contribution in [0.15, 0.2) is 97.1 Å². The van der Waals surface area contributed by atoms with Gasteiger partial charge in [0.25, 0.3) is 16.0 Å². The number of halogens is 3. The van der Waals surface area contributed by atoms with Crippen LogP contribution in [0.25, 0.3) is 11.1 Å². The van der Waals surface area contributed by atoms with E-state index in [1.54, 1.807) is 48.5 Å². The van der Waals surface area contributed by atoms with Crippen LogP contribution in [0.1, 0.15) is 52.4 Å². The monoisotopic (exact) mass is 652 g/mol. The maximum absolute atomic E-state index is 13.7. The summed E-state index contributed by atoms with van der Waals surface area (Å²) in [4.78, 5) is 26.1. The molecule has 2 amide bonds. The number of anilines is 1. The number of alkyl halides is 3. The second-order valence-corrected chi connectivity index (χ2v) is 13.0. The lowest BCUT2D eigenvalue weighted by atomic mass is 9.89. The maximum Gasteiger partial charge on any atom is 0.416 e. The molecule has 1 unspecified atom stereocenters. The van der Waals surface area contributed by atoms with Gasteiger partial charge in [-0.15, -0.1) is 0 Å². The molecule has 4 rings (SSSR count). The van der Waals surface area contributed by atoms with Gasteiger partial charge in [0.1, 0.15) is 0 Å². The highest BCUT2D eigenvalue weighted by Gasteiger charge is 2.30. The van der Waals surface area contributed by atoms with Gasteiger partial charge in [-0.25, -0.2) is 0 Å². The molecule has 0 saturated carbocycles. The second-order valence-electron chi connectivity index (χ2n) is 11.5. The maximum atomic E-state index is 13.7. The first kappa shape index (κ1) is 34.4. The van der Waals surface area contributed by atoms with Gasteiger partial charge in [0.15, 0.2) is 0 Å². The minimum atomic E-state index is -4.41. The highest BCUT2D eigenvalue weighted by molar-refractivity contribution is 7.85. The zero-order chi connectivity index (χ0) is 33.5. The standard InChI is InChI=1S/C35H35F3N2O5S/c1-23(2)21-24-3-7-28(8-4-24)32(22-25-5-9-29(10-6-25)33(41)39-19-20-46(43,44)45)34(42)40-31-17-13-27(14-18-31)26-11-15-30(16-12-26)35(36,37)38/h3-18,23,32H,19-22H2,1-2H3,(H,39,41)(H,40,42)(H,43,44,45). The van der Waals surface area contributed by atoms with Crippen molar-refractivity contribution in [3.8, 4) is 11.1 Å². The first-order valence-electron chi connectivity index (χ1n) is 14.7. The Morgan fingerprint density at radius 1 is 0.761 bits per heavy atom. The molecule has 7 nitrogen and oxygen atoms in total. The van der Waals surface area contributed by atoms with E-state index in [1.807, 2.05) is 24.3 Å². The number of nitrogens with one attached hydrogen (secondary N) is 2. The van der Waals surface area contributed by atoms with Gasteiger partial charge in [-0.2, -0.15) is 21.6 Å². The Kier molecular flexibility index (Phi) is 11.0. The van der Waals surface area contributed by atoms with Gasteiger partial charge in [-0.3, -0.25) is 14.1 Å². The van der Waals surface area contributed by atoms with E-state index in [-0.39, 0.29) is 12.5 Å². The summed E-state index contributed by atoms with van der Waals surface area (Å²) >= 11 is 0. The Morgan fingerprint density at radius 2 is 1.28 bits per heavy atom. The van der Waals surface area contributed by atoms with Crippen LogP contribution < -0.4 is 10.6 Å². The minimum absolute atomic E-state index is 0.236. The molecule has 0 bridgehead atoms. The SMILES string of the molecule is CC(C)Cc1ccc(C(Cc2ccc(C(=O)NCCS(=O)(=O)O)cc2)C(=O)Nc2ccc(-c3ccc(C(F)(F)F)cc3)cc2)cc1. The lowest BCUT2D eigenvalue weighted by Crippen LogP contribution is -2.28. The molecular formula is C35H35F3N2O5S. The number of hydrogen-bond donors (Lipinski definition) is 3. The van der Waals surface area contributed by atoms with Crippen LogP contribution >= 0.6 is 0 Å². The average molecular weight is 653 g/mol. The van der Waals surface area contributed by atoms with Crippen molar-refractivity contribution in [1.82, 2.24) is 5.32 Å². The van der Waals surface area contributed by atoms with Crippen molar-refractivity contribution in [2.45, 2.75) is 38.8 Å². The lowest BCUT2D eigenvalue weighted by molar-refractivity contribution is -0.137. The first-order valence-corrected chi connectivity index (χ1v) is 16.3. The van der Waals surface area contributed by atoms with Crippen LogP contribution in [0.4, 0.5) is 18.9 Å². The zero-order valence-electron chi connectivity index (χ0n) is 25.3. The Bertz CT molecular complexity index is 1740. The van der Waals surface area contributed by atoms with Gasteiger partial charge < -0.3 is 10.6 Å². The number of amides is 2. The molecule has 1 atom stereocenters. The fourth-order valence-electron chi connectivity index (χ4n) is 4.97. The van der Waals surface area contributed by atoms with E-state index >= 15 is 0 Å². The molecule has 11 heteroatoms. The molecule has 0 aliphatic heterocycles. The summed E-state index contributed by atoms with van der Waals surface area (Å²) in [5.41, 5.74) is 4.16. The summed E-state index contributed by atoms with van der Waals surface area (Å²) in [5.74, 6) is -1.46. The molecule has 0 spiro atoms. The molecule has 0 saturated heterocycles. The van der Waals surface area contributed by atoms with Crippen molar-refractivity contribution in [1.29, 1.82) is 0 Å². The van der Waals surface area contributed by atoms with Crippen molar-refractivity contribution < 1.29 is 35.7 Å². The Morgan fingerprint density at radius 3 is 1.80 bits per heavy atom. The summed E-state index contributed by atoms with van der Waals surface area (Å²) in [5, 5.41) is 5.40. The summed E-state index contributed by atoms with van der Waals surface area (Å²) in [6, 6.07) is 26.2. The predicted molar refractivity (Wildman–Crippen MR) is 172 cm³/mol. The molecule has 0 fully saturated rings. The van der Waals surface area contributed by atoms with Crippen LogP contribution in [0.2, 0.25) is 0 Å². The van der Waals surface area contributed by atoms with Crippen molar-refractivity contribution in [3.63, 3.8) is 0 Å². The largest absolute Gasteiger partial charge is 0.416 e. The topological polar surface area (TPSA) is 113 Å². The molecule has 4 aromatic carbocycles. The van der Waals surface area contributed by atoms with E-state index < -0.39 is 39.4 Å². The summed E-state index contributed by atoms with van der Waals surface area (Å²) in [6.07, 6.45) is -3.19. The summed E-state index contributed by atoms with van der Waals surface area (Å²) in [7, 11) is -4.20. The smallest absolute Gasteiger partial charge is 0.351 e. The molecule has 4 aromatic rings. The van der Waals surface area contributed by atoms with Crippen LogP contribution in [0, 0.1) is 5.92 Å². The lowest BCUT2D eigenvalue weighted by Gasteiger charge is -2.19. The number of carbonyl (C=O) groups excluding carboxylic acids is 2. The predicted octanol–water partition coefficient (Wildman–Crippen LogP) is 7.15. The Balaban J connectivity index is 1.50. The van der Waals surface area contributed by atoms with E-state index in [2.05, 4.69) is 24.5 Å². The van der Waals surface area contributed by atoms with Gasteiger partial charge in [0.05, 0.1) is 17.2 Å². The van der Waals surface area contributed by atoms with E-state index in [0.29, 0.717) is 34.7 Å². The van der Waals surface area contributed by atoms with Crippen LogP contribution in [-0.4, -0.2) is 37.1 Å². The summed E-state index contributed by atoms with van der Waals surface area (Å²) in [6.45, 7) is 4.02. The molecular weight excluding hydrogens is 617 g/mol. The highest BCUT2D eigenvalue weighted by Crippen LogP contribution is 2.31. The number of hydrogen-bond acceptors (Lipinski definition) is 4. The average Bonchev–Trinajstić information content (AvgIpc) is 3.00. The van der Waals surface area contributed by atoms with Crippen LogP contribution in [0.5, 0.6) is 0 Å². The molecule has 3 N–H and O–H groups in total. The fourth-order valence-corrected chi connectivity index (χ4v) is 5.33. The van der Waals surface area contributed by atoms with Crippen molar-refractivity contribution >= 4 is 27.6 Å². The fraction of sp³-hybridized carbons (Fsp3) is 0.257. The second kappa shape index (κ2) is 14.7.